The number of halogens is 1. The first-order valence-electron chi connectivity index (χ1n) is 8.48. The molecule has 2 aromatic carbocycles. The normalized spacial score (nSPS) is 11.4. The number of carbonyl (C=O) groups excluding carboxylic acids is 2. The summed E-state index contributed by atoms with van der Waals surface area (Å²) in [6, 6.07) is 10.9. The Kier molecular flexibility index (Phi) is 7.07. The predicted molar refractivity (Wildman–Crippen MR) is 104 cm³/mol. The highest BCUT2D eigenvalue weighted by Crippen LogP contribution is 2.21. The highest BCUT2D eigenvalue weighted by Gasteiger charge is 2.16. The summed E-state index contributed by atoms with van der Waals surface area (Å²) in [4.78, 5) is 23.8. The van der Waals surface area contributed by atoms with E-state index in [4.69, 9.17) is 21.1 Å². The van der Waals surface area contributed by atoms with Gasteiger partial charge in [0.15, 0.2) is 6.10 Å². The van der Waals surface area contributed by atoms with E-state index in [1.807, 2.05) is 39.0 Å². The zero-order valence-corrected chi connectivity index (χ0v) is 16.5. The fraction of sp³-hybridized carbons (Fsp3) is 0.300. The molecule has 2 amide bonds. The van der Waals surface area contributed by atoms with Crippen molar-refractivity contribution in [2.45, 2.75) is 40.4 Å². The van der Waals surface area contributed by atoms with E-state index in [9.17, 15) is 9.59 Å². The minimum Gasteiger partial charge on any atom is -0.481 e. The van der Waals surface area contributed by atoms with Crippen molar-refractivity contribution in [3.05, 3.63) is 63.7 Å². The molecule has 7 heteroatoms. The molecule has 144 valence electrons. The average Bonchev–Trinajstić information content (AvgIpc) is 2.63. The molecule has 0 fully saturated rings. The first kappa shape index (κ1) is 20.6. The Bertz CT molecular complexity index is 839. The zero-order chi connectivity index (χ0) is 20.0. The van der Waals surface area contributed by atoms with E-state index >= 15 is 0 Å². The summed E-state index contributed by atoms with van der Waals surface area (Å²) < 4.78 is 10.6. The molecule has 1 atom stereocenters. The third kappa shape index (κ3) is 6.18. The summed E-state index contributed by atoms with van der Waals surface area (Å²) in [6.07, 6.45) is -1.57. The number of hydrazine groups is 1. The fourth-order valence-electron chi connectivity index (χ4n) is 2.24. The highest BCUT2D eigenvalue weighted by atomic mass is 35.5. The second kappa shape index (κ2) is 9.28. The Hall–Kier alpha value is -2.73. The van der Waals surface area contributed by atoms with Crippen LogP contribution in [0, 0.1) is 20.8 Å². The summed E-state index contributed by atoms with van der Waals surface area (Å²) in [5.41, 5.74) is 8.47. The van der Waals surface area contributed by atoms with Gasteiger partial charge in [-0.05, 0) is 68.1 Å². The Labute approximate surface area is 163 Å². The van der Waals surface area contributed by atoms with E-state index in [2.05, 4.69) is 10.9 Å². The van der Waals surface area contributed by atoms with Gasteiger partial charge in [-0.25, -0.2) is 10.2 Å². The molecule has 0 aliphatic carbocycles. The number of aryl methyl sites for hydroxylation is 3. The molecule has 0 radical (unpaired) electrons. The maximum Gasteiger partial charge on any atom is 0.426 e. The minimum atomic E-state index is -0.814. The lowest BCUT2D eigenvalue weighted by Crippen LogP contribution is -2.47. The minimum absolute atomic E-state index is 0.110. The third-order valence-corrected chi connectivity index (χ3v) is 4.46. The smallest absolute Gasteiger partial charge is 0.426 e. The molecule has 0 saturated carbocycles. The summed E-state index contributed by atoms with van der Waals surface area (Å²) >= 11 is 5.96. The first-order chi connectivity index (χ1) is 12.8. The van der Waals surface area contributed by atoms with Crippen LogP contribution in [-0.4, -0.2) is 18.1 Å². The van der Waals surface area contributed by atoms with Gasteiger partial charge in [-0.1, -0.05) is 29.8 Å². The van der Waals surface area contributed by atoms with Gasteiger partial charge in [0.1, 0.15) is 12.4 Å². The van der Waals surface area contributed by atoms with Crippen LogP contribution in [0.2, 0.25) is 5.02 Å². The number of carbonyl (C=O) groups is 2. The van der Waals surface area contributed by atoms with Crippen LogP contribution in [0.25, 0.3) is 0 Å². The van der Waals surface area contributed by atoms with Crippen molar-refractivity contribution in [3.63, 3.8) is 0 Å². The molecular weight excluding hydrogens is 368 g/mol. The molecule has 6 nitrogen and oxygen atoms in total. The largest absolute Gasteiger partial charge is 0.481 e. The molecule has 0 spiro atoms. The summed E-state index contributed by atoms with van der Waals surface area (Å²) in [5, 5.41) is 0.618. The monoisotopic (exact) mass is 390 g/mol. The second-order valence-electron chi connectivity index (χ2n) is 6.28. The van der Waals surface area contributed by atoms with Gasteiger partial charge in [0.25, 0.3) is 5.91 Å². The van der Waals surface area contributed by atoms with E-state index in [1.54, 1.807) is 25.1 Å². The number of ether oxygens (including phenoxy) is 2. The van der Waals surface area contributed by atoms with Gasteiger partial charge < -0.3 is 9.47 Å². The second-order valence-corrected chi connectivity index (χ2v) is 6.69. The molecule has 0 aliphatic rings. The molecule has 2 rings (SSSR count). The van der Waals surface area contributed by atoms with E-state index in [-0.39, 0.29) is 6.61 Å². The van der Waals surface area contributed by atoms with Crippen molar-refractivity contribution >= 4 is 23.6 Å². The summed E-state index contributed by atoms with van der Waals surface area (Å²) in [7, 11) is 0. The van der Waals surface area contributed by atoms with Crippen LogP contribution in [0.4, 0.5) is 4.79 Å². The maximum absolute atomic E-state index is 12.0. The number of benzene rings is 2. The zero-order valence-electron chi connectivity index (χ0n) is 15.8. The number of nitrogens with one attached hydrogen (secondary N) is 2. The summed E-state index contributed by atoms with van der Waals surface area (Å²) in [5.74, 6) is 0.00241. The first-order valence-corrected chi connectivity index (χ1v) is 8.85. The van der Waals surface area contributed by atoms with E-state index < -0.39 is 18.1 Å². The van der Waals surface area contributed by atoms with Gasteiger partial charge in [0.05, 0.1) is 0 Å². The van der Waals surface area contributed by atoms with Crippen molar-refractivity contribution < 1.29 is 19.1 Å². The van der Waals surface area contributed by atoms with E-state index in [0.717, 1.165) is 16.7 Å². The molecule has 0 aliphatic heterocycles. The molecule has 0 bridgehead atoms. The van der Waals surface area contributed by atoms with Crippen LogP contribution in [-0.2, 0) is 16.1 Å². The average molecular weight is 391 g/mol. The number of amides is 2. The molecule has 0 heterocycles. The Morgan fingerprint density at radius 2 is 1.74 bits per heavy atom. The molecule has 27 heavy (non-hydrogen) atoms. The van der Waals surface area contributed by atoms with Gasteiger partial charge in [-0.2, -0.15) is 0 Å². The van der Waals surface area contributed by atoms with Crippen LogP contribution in [0.5, 0.6) is 5.75 Å². The number of hydrogen-bond acceptors (Lipinski definition) is 4. The van der Waals surface area contributed by atoms with Gasteiger partial charge in [-0.15, -0.1) is 0 Å². The molecule has 0 saturated heterocycles. The molecule has 0 unspecified atom stereocenters. The number of hydrogen-bond donors (Lipinski definition) is 2. The molecule has 2 N–H and O–H groups in total. The van der Waals surface area contributed by atoms with Crippen LogP contribution in [0.3, 0.4) is 0 Å². The van der Waals surface area contributed by atoms with E-state index in [1.165, 1.54) is 5.56 Å². The van der Waals surface area contributed by atoms with Gasteiger partial charge in [-0.3, -0.25) is 10.2 Å². The maximum atomic E-state index is 12.0. The number of rotatable bonds is 5. The Balaban J connectivity index is 1.77. The van der Waals surface area contributed by atoms with Crippen LogP contribution < -0.4 is 15.6 Å². The lowest BCUT2D eigenvalue weighted by molar-refractivity contribution is -0.128. The van der Waals surface area contributed by atoms with Crippen LogP contribution in [0.15, 0.2) is 36.4 Å². The molecule has 0 aromatic heterocycles. The molecule has 2 aromatic rings. The van der Waals surface area contributed by atoms with Crippen LogP contribution in [0.1, 0.15) is 29.2 Å². The van der Waals surface area contributed by atoms with Crippen molar-refractivity contribution in [1.82, 2.24) is 10.9 Å². The van der Waals surface area contributed by atoms with Crippen molar-refractivity contribution in [2.24, 2.45) is 0 Å². The quantitative estimate of drug-likeness (QED) is 0.757. The highest BCUT2D eigenvalue weighted by molar-refractivity contribution is 6.31. The molecular formula is C20H23ClN2O4. The lowest BCUT2D eigenvalue weighted by Gasteiger charge is -2.15. The van der Waals surface area contributed by atoms with E-state index in [0.29, 0.717) is 10.8 Å². The standard InChI is InChI=1S/C20H23ClN2O4/c1-12-5-6-16(9-13(12)2)11-26-20(25)23-22-19(24)15(4)27-17-7-8-18(21)14(3)10-17/h5-10,15H,11H2,1-4H3,(H,22,24)(H,23,25)/t15-/m0/s1. The van der Waals surface area contributed by atoms with Crippen LogP contribution >= 0.6 is 11.6 Å². The topological polar surface area (TPSA) is 76.7 Å². The third-order valence-electron chi connectivity index (χ3n) is 4.04. The van der Waals surface area contributed by atoms with Gasteiger partial charge in [0, 0.05) is 5.02 Å². The Morgan fingerprint density at radius 3 is 2.41 bits per heavy atom. The van der Waals surface area contributed by atoms with Crippen molar-refractivity contribution in [3.8, 4) is 5.75 Å². The SMILES string of the molecule is Cc1ccc(COC(=O)NNC(=O)[C@H](C)Oc2ccc(Cl)c(C)c2)cc1C. The van der Waals surface area contributed by atoms with Crippen molar-refractivity contribution in [2.75, 3.05) is 0 Å². The summed E-state index contributed by atoms with van der Waals surface area (Å²) in [6.45, 7) is 7.52. The van der Waals surface area contributed by atoms with Crippen molar-refractivity contribution in [1.29, 1.82) is 0 Å². The van der Waals surface area contributed by atoms with Gasteiger partial charge in [0.2, 0.25) is 0 Å². The lowest BCUT2D eigenvalue weighted by atomic mass is 10.1. The predicted octanol–water partition coefficient (Wildman–Crippen LogP) is 3.99. The Morgan fingerprint density at radius 1 is 1.00 bits per heavy atom. The van der Waals surface area contributed by atoms with Gasteiger partial charge >= 0.3 is 6.09 Å². The fourth-order valence-corrected chi connectivity index (χ4v) is 2.36.